The second kappa shape index (κ2) is 3.54. The Bertz CT molecular complexity index is 661. The molecule has 6 heteroatoms. The number of aromatic nitrogens is 3. The summed E-state index contributed by atoms with van der Waals surface area (Å²) in [5, 5.41) is 0.164. The molecule has 16 heavy (non-hydrogen) atoms. The zero-order valence-electron chi connectivity index (χ0n) is 8.27. The molecule has 3 aromatic rings. The molecule has 0 radical (unpaired) electrons. The average molecular weight is 252 g/mol. The van der Waals surface area contributed by atoms with E-state index >= 15 is 0 Å². The third kappa shape index (κ3) is 1.58. The summed E-state index contributed by atoms with van der Waals surface area (Å²) in [4.78, 5) is 14.3. The van der Waals surface area contributed by atoms with Crippen molar-refractivity contribution in [2.24, 2.45) is 0 Å². The van der Waals surface area contributed by atoms with E-state index < -0.39 is 0 Å². The lowest BCUT2D eigenvalue weighted by Gasteiger charge is -1.85. The van der Waals surface area contributed by atoms with Crippen molar-refractivity contribution in [3.8, 4) is 10.8 Å². The van der Waals surface area contributed by atoms with Gasteiger partial charge in [-0.1, -0.05) is 0 Å². The molecular weight excluding hydrogens is 246 g/mol. The van der Waals surface area contributed by atoms with Gasteiger partial charge in [0, 0.05) is 4.88 Å². The van der Waals surface area contributed by atoms with Crippen LogP contribution < -0.4 is 0 Å². The lowest BCUT2D eigenvalue weighted by Crippen LogP contribution is -1.79. The van der Waals surface area contributed by atoms with Crippen LogP contribution in [0.15, 0.2) is 22.7 Å². The first-order valence-electron chi connectivity index (χ1n) is 4.58. The van der Waals surface area contributed by atoms with Gasteiger partial charge in [0.25, 0.3) is 5.71 Å². The standard InChI is InChI=1S/C10H6ClN3OS/c1-5-2-3-7(16-5)9-13-6-4-12-10(11)14-8(6)15-9/h2-4H,1H3. The molecule has 0 aliphatic carbocycles. The van der Waals surface area contributed by atoms with Crippen LogP contribution in [0.25, 0.3) is 22.0 Å². The van der Waals surface area contributed by atoms with Gasteiger partial charge in [-0.2, -0.15) is 4.98 Å². The van der Waals surface area contributed by atoms with Crippen molar-refractivity contribution < 1.29 is 4.42 Å². The minimum atomic E-state index is 0.164. The fraction of sp³-hybridized carbons (Fsp3) is 0.100. The summed E-state index contributed by atoms with van der Waals surface area (Å²) in [5.74, 6) is 0.560. The average Bonchev–Trinajstić information content (AvgIpc) is 2.83. The van der Waals surface area contributed by atoms with Crippen LogP contribution in [0.3, 0.4) is 0 Å². The molecule has 80 valence electrons. The van der Waals surface area contributed by atoms with Crippen molar-refractivity contribution in [3.63, 3.8) is 0 Å². The summed E-state index contributed by atoms with van der Waals surface area (Å²) >= 11 is 7.29. The van der Waals surface area contributed by atoms with Crippen LogP contribution in [0.2, 0.25) is 5.28 Å². The molecule has 0 saturated heterocycles. The van der Waals surface area contributed by atoms with Gasteiger partial charge in [0.05, 0.1) is 11.1 Å². The molecule has 0 N–H and O–H groups in total. The van der Waals surface area contributed by atoms with Crippen molar-refractivity contribution in [1.29, 1.82) is 0 Å². The molecular formula is C10H6ClN3OS. The quantitative estimate of drug-likeness (QED) is 0.623. The van der Waals surface area contributed by atoms with E-state index in [2.05, 4.69) is 15.0 Å². The fourth-order valence-corrected chi connectivity index (χ4v) is 2.29. The van der Waals surface area contributed by atoms with Crippen LogP contribution in [0.4, 0.5) is 0 Å². The molecule has 3 rings (SSSR count). The number of oxazole rings is 1. The third-order valence-electron chi connectivity index (χ3n) is 2.07. The number of rotatable bonds is 1. The number of nitrogens with zero attached hydrogens (tertiary/aromatic N) is 3. The van der Waals surface area contributed by atoms with Gasteiger partial charge in [0.1, 0.15) is 5.52 Å². The van der Waals surface area contributed by atoms with Gasteiger partial charge >= 0.3 is 0 Å². The molecule has 4 nitrogen and oxygen atoms in total. The molecule has 0 aliphatic heterocycles. The van der Waals surface area contributed by atoms with Crippen molar-refractivity contribution in [1.82, 2.24) is 15.0 Å². The molecule has 0 aliphatic rings. The second-order valence-corrected chi connectivity index (χ2v) is 4.88. The highest BCUT2D eigenvalue weighted by atomic mass is 35.5. The topological polar surface area (TPSA) is 51.8 Å². The molecule has 0 saturated carbocycles. The molecule has 0 atom stereocenters. The zero-order valence-corrected chi connectivity index (χ0v) is 9.84. The van der Waals surface area contributed by atoms with E-state index in [9.17, 15) is 0 Å². The number of thiophene rings is 1. The summed E-state index contributed by atoms with van der Waals surface area (Å²) in [7, 11) is 0. The van der Waals surface area contributed by atoms with Crippen molar-refractivity contribution in [2.75, 3.05) is 0 Å². The maximum absolute atomic E-state index is 5.67. The van der Waals surface area contributed by atoms with Crippen molar-refractivity contribution in [3.05, 3.63) is 28.5 Å². The van der Waals surface area contributed by atoms with E-state index in [-0.39, 0.29) is 5.28 Å². The van der Waals surface area contributed by atoms with E-state index in [1.54, 1.807) is 17.5 Å². The number of hydrogen-bond acceptors (Lipinski definition) is 5. The normalized spacial score (nSPS) is 11.1. The Morgan fingerprint density at radius 2 is 2.19 bits per heavy atom. The molecule has 3 aromatic heterocycles. The van der Waals surface area contributed by atoms with Crippen molar-refractivity contribution >= 4 is 34.2 Å². The van der Waals surface area contributed by atoms with Gasteiger partial charge in [0.2, 0.25) is 11.2 Å². The van der Waals surface area contributed by atoms with Gasteiger partial charge in [-0.25, -0.2) is 9.97 Å². The maximum atomic E-state index is 5.67. The number of hydrogen-bond donors (Lipinski definition) is 0. The molecule has 0 unspecified atom stereocenters. The predicted molar refractivity (Wildman–Crippen MR) is 62.7 cm³/mol. The minimum absolute atomic E-state index is 0.164. The van der Waals surface area contributed by atoms with Gasteiger partial charge in [-0.15, -0.1) is 11.3 Å². The van der Waals surface area contributed by atoms with Crippen LogP contribution in [-0.2, 0) is 0 Å². The molecule has 3 heterocycles. The van der Waals surface area contributed by atoms with Crippen LogP contribution >= 0.6 is 22.9 Å². The third-order valence-corrected chi connectivity index (χ3v) is 3.24. The van der Waals surface area contributed by atoms with Crippen LogP contribution in [0.1, 0.15) is 4.88 Å². The smallest absolute Gasteiger partial charge is 0.251 e. The Labute approximate surface area is 99.9 Å². The maximum Gasteiger partial charge on any atom is 0.251 e. The van der Waals surface area contributed by atoms with Crippen molar-refractivity contribution in [2.45, 2.75) is 6.92 Å². The Kier molecular flexibility index (Phi) is 2.15. The Morgan fingerprint density at radius 3 is 2.94 bits per heavy atom. The first-order valence-corrected chi connectivity index (χ1v) is 5.78. The molecule has 0 spiro atoms. The van der Waals surface area contributed by atoms with E-state index in [0.29, 0.717) is 17.1 Å². The molecule has 0 fully saturated rings. The van der Waals surface area contributed by atoms with Crippen LogP contribution in [-0.4, -0.2) is 15.0 Å². The van der Waals surface area contributed by atoms with E-state index in [0.717, 1.165) is 4.88 Å². The van der Waals surface area contributed by atoms with Crippen LogP contribution in [0.5, 0.6) is 0 Å². The van der Waals surface area contributed by atoms with Gasteiger partial charge in [0.15, 0.2) is 0 Å². The highest BCUT2D eigenvalue weighted by Gasteiger charge is 2.11. The Balaban J connectivity index is 2.18. The van der Waals surface area contributed by atoms with Gasteiger partial charge in [-0.05, 0) is 30.7 Å². The fourth-order valence-electron chi connectivity index (χ4n) is 1.37. The number of aryl methyl sites for hydroxylation is 1. The number of halogens is 1. The van der Waals surface area contributed by atoms with E-state index in [1.165, 1.54) is 4.88 Å². The summed E-state index contributed by atoms with van der Waals surface area (Å²) in [6, 6.07) is 3.99. The lowest BCUT2D eigenvalue weighted by atomic mass is 10.4. The minimum Gasteiger partial charge on any atom is -0.417 e. The lowest BCUT2D eigenvalue weighted by molar-refractivity contribution is 0.609. The Morgan fingerprint density at radius 1 is 1.31 bits per heavy atom. The zero-order chi connectivity index (χ0) is 11.1. The highest BCUT2D eigenvalue weighted by molar-refractivity contribution is 7.15. The molecule has 0 bridgehead atoms. The SMILES string of the molecule is Cc1ccc(-c2nc3cnc(Cl)nc3o2)s1. The molecule has 0 amide bonds. The summed E-state index contributed by atoms with van der Waals surface area (Å²) in [5.41, 5.74) is 1.03. The Hall–Kier alpha value is -1.46. The first-order chi connectivity index (χ1) is 7.72. The molecule has 0 aromatic carbocycles. The van der Waals surface area contributed by atoms with Gasteiger partial charge < -0.3 is 4.42 Å². The van der Waals surface area contributed by atoms with Crippen LogP contribution in [0, 0.1) is 6.92 Å². The number of fused-ring (bicyclic) bond motifs is 1. The summed E-state index contributed by atoms with van der Waals surface area (Å²) in [6.45, 7) is 2.04. The largest absolute Gasteiger partial charge is 0.417 e. The second-order valence-electron chi connectivity index (χ2n) is 3.26. The summed E-state index contributed by atoms with van der Waals surface area (Å²) in [6.07, 6.45) is 1.55. The van der Waals surface area contributed by atoms with Gasteiger partial charge in [-0.3, -0.25) is 0 Å². The van der Waals surface area contributed by atoms with E-state index in [1.807, 2.05) is 19.1 Å². The van der Waals surface area contributed by atoms with E-state index in [4.69, 9.17) is 16.0 Å². The summed E-state index contributed by atoms with van der Waals surface area (Å²) < 4.78 is 5.51. The highest BCUT2D eigenvalue weighted by Crippen LogP contribution is 2.29. The first kappa shape index (κ1) is 9.74. The predicted octanol–water partition coefficient (Wildman–Crippen LogP) is 3.31. The monoisotopic (exact) mass is 251 g/mol.